The Kier molecular flexibility index (Phi) is 7.45. The fraction of sp³-hybridized carbons (Fsp3) is 0.875. The van der Waals surface area contributed by atoms with Gasteiger partial charge in [-0.05, 0) is 12.5 Å². The first-order valence-corrected chi connectivity index (χ1v) is 5.91. The van der Waals surface area contributed by atoms with Crippen LogP contribution in [0.3, 0.4) is 0 Å². The maximum Gasteiger partial charge on any atom is 0.409 e. The van der Waals surface area contributed by atoms with Gasteiger partial charge >= 0.3 is 15.4 Å². The number of methoxy groups -OCH3 is 1. The van der Waals surface area contributed by atoms with Gasteiger partial charge in [-0.25, -0.2) is 4.79 Å². The number of amides is 1. The molecule has 0 aromatic rings. The molecular weight excluding hydrogens is 202 g/mol. The molecule has 0 heterocycles. The summed E-state index contributed by atoms with van der Waals surface area (Å²) in [6.45, 7) is 0.660. The van der Waals surface area contributed by atoms with Crippen LogP contribution in [0.2, 0.25) is 6.04 Å². The van der Waals surface area contributed by atoms with Gasteiger partial charge in [0.2, 0.25) is 0 Å². The highest BCUT2D eigenvalue weighted by molar-refractivity contribution is 6.44. The van der Waals surface area contributed by atoms with Crippen molar-refractivity contribution >= 4 is 15.4 Å². The lowest BCUT2D eigenvalue weighted by atomic mass is 10.4. The average Bonchev–Trinajstić information content (AvgIpc) is 2.22. The van der Waals surface area contributed by atoms with Gasteiger partial charge in [-0.1, -0.05) is 0 Å². The number of carbonyl (C=O) groups excluding carboxylic acids is 1. The summed E-state index contributed by atoms with van der Waals surface area (Å²) in [5.41, 5.74) is 0. The maximum atomic E-state index is 11.0. The van der Waals surface area contributed by atoms with Crippen LogP contribution >= 0.6 is 0 Å². The highest BCUT2D eigenvalue weighted by atomic mass is 28.3. The summed E-state index contributed by atoms with van der Waals surface area (Å²) in [5, 5.41) is 0. The Morgan fingerprint density at radius 3 is 2.29 bits per heavy atom. The quantitative estimate of drug-likeness (QED) is 0.623. The third kappa shape index (κ3) is 5.20. The largest absolute Gasteiger partial charge is 0.453 e. The minimum absolute atomic E-state index is 0.311. The lowest BCUT2D eigenvalue weighted by molar-refractivity contribution is 0.133. The van der Waals surface area contributed by atoms with Crippen molar-refractivity contribution in [3.63, 3.8) is 0 Å². The van der Waals surface area contributed by atoms with E-state index in [9.17, 15) is 4.79 Å². The van der Waals surface area contributed by atoms with Crippen LogP contribution in [0, 0.1) is 0 Å². The zero-order valence-corrected chi connectivity index (χ0v) is 10.2. The van der Waals surface area contributed by atoms with E-state index in [1.54, 1.807) is 21.3 Å². The third-order valence-corrected chi connectivity index (χ3v) is 3.49. The van der Waals surface area contributed by atoms with E-state index in [4.69, 9.17) is 8.85 Å². The van der Waals surface area contributed by atoms with Crippen molar-refractivity contribution in [3.8, 4) is 0 Å². The molecule has 0 aliphatic heterocycles. The molecule has 0 bridgehead atoms. The molecular formula is C8H18NO4Si. The molecule has 14 heavy (non-hydrogen) atoms. The lowest BCUT2D eigenvalue weighted by Crippen LogP contribution is -2.29. The van der Waals surface area contributed by atoms with Crippen LogP contribution in [0.25, 0.3) is 0 Å². The molecule has 0 aromatic heterocycles. The number of nitrogens with zero attached hydrogens (tertiary/aromatic N) is 1. The minimum Gasteiger partial charge on any atom is -0.453 e. The van der Waals surface area contributed by atoms with Crippen molar-refractivity contribution in [1.29, 1.82) is 0 Å². The summed E-state index contributed by atoms with van der Waals surface area (Å²) in [6, 6.07) is 0.860. The average molecular weight is 220 g/mol. The highest BCUT2D eigenvalue weighted by Gasteiger charge is 2.13. The number of hydrogen-bond donors (Lipinski definition) is 0. The van der Waals surface area contributed by atoms with Gasteiger partial charge in [0.25, 0.3) is 0 Å². The second-order valence-corrected chi connectivity index (χ2v) is 4.84. The SMILES string of the molecule is COC(=O)N(C)CCC[Si](OC)OC. The number of rotatable bonds is 6. The molecule has 0 spiro atoms. The van der Waals surface area contributed by atoms with E-state index in [1.807, 2.05) is 0 Å². The molecule has 1 radical (unpaired) electrons. The van der Waals surface area contributed by atoms with Gasteiger partial charge in [0, 0.05) is 27.8 Å². The molecule has 0 unspecified atom stereocenters. The van der Waals surface area contributed by atoms with E-state index in [2.05, 4.69) is 4.74 Å². The van der Waals surface area contributed by atoms with E-state index in [1.165, 1.54) is 12.0 Å². The molecule has 0 aliphatic carbocycles. The molecule has 5 nitrogen and oxygen atoms in total. The Hall–Kier alpha value is -0.593. The first-order valence-electron chi connectivity index (χ1n) is 4.38. The number of carbonyl (C=O) groups is 1. The molecule has 0 aliphatic rings. The van der Waals surface area contributed by atoms with Crippen molar-refractivity contribution in [2.24, 2.45) is 0 Å². The third-order valence-electron chi connectivity index (χ3n) is 1.82. The first-order chi connectivity index (χ1) is 6.65. The van der Waals surface area contributed by atoms with Crippen LogP contribution in [0.4, 0.5) is 4.79 Å². The molecule has 0 aromatic carbocycles. The normalized spacial score (nSPS) is 10.4. The van der Waals surface area contributed by atoms with E-state index in [-0.39, 0.29) is 6.09 Å². The van der Waals surface area contributed by atoms with Crippen LogP contribution in [-0.4, -0.2) is 55.2 Å². The van der Waals surface area contributed by atoms with Crippen LogP contribution in [-0.2, 0) is 13.6 Å². The maximum absolute atomic E-state index is 11.0. The van der Waals surface area contributed by atoms with Gasteiger partial charge in [-0.3, -0.25) is 0 Å². The monoisotopic (exact) mass is 220 g/mol. The highest BCUT2D eigenvalue weighted by Crippen LogP contribution is 2.01. The van der Waals surface area contributed by atoms with Crippen LogP contribution in [0.5, 0.6) is 0 Å². The Bertz CT molecular complexity index is 163. The Morgan fingerprint density at radius 1 is 1.29 bits per heavy atom. The second kappa shape index (κ2) is 7.78. The smallest absolute Gasteiger partial charge is 0.409 e. The molecule has 0 N–H and O–H groups in total. The molecule has 83 valence electrons. The number of ether oxygens (including phenoxy) is 1. The predicted octanol–water partition coefficient (Wildman–Crippen LogP) is 0.856. The van der Waals surface area contributed by atoms with Gasteiger partial charge < -0.3 is 18.5 Å². The van der Waals surface area contributed by atoms with Crippen molar-refractivity contribution in [3.05, 3.63) is 0 Å². The summed E-state index contributed by atoms with van der Waals surface area (Å²) in [6.07, 6.45) is 0.551. The van der Waals surface area contributed by atoms with Crippen molar-refractivity contribution in [2.45, 2.75) is 12.5 Å². The van der Waals surface area contributed by atoms with E-state index in [0.717, 1.165) is 12.5 Å². The summed E-state index contributed by atoms with van der Waals surface area (Å²) in [7, 11) is 5.23. The number of hydrogen-bond acceptors (Lipinski definition) is 4. The zero-order chi connectivity index (χ0) is 11.0. The van der Waals surface area contributed by atoms with Crippen molar-refractivity contribution in [1.82, 2.24) is 4.90 Å². The molecule has 0 saturated heterocycles. The lowest BCUT2D eigenvalue weighted by Gasteiger charge is -2.16. The topological polar surface area (TPSA) is 48.0 Å². The minimum atomic E-state index is -1.13. The molecule has 0 rings (SSSR count). The summed E-state index contributed by atoms with van der Waals surface area (Å²) in [5.74, 6) is 0. The standard InChI is InChI=1S/C8H18NO4Si/c1-9(8(10)11-2)6-5-7-14(12-3)13-4/h5-7H2,1-4H3. The van der Waals surface area contributed by atoms with E-state index < -0.39 is 9.28 Å². The van der Waals surface area contributed by atoms with Gasteiger partial charge in [-0.15, -0.1) is 0 Å². The summed E-state index contributed by atoms with van der Waals surface area (Å²) >= 11 is 0. The Balaban J connectivity index is 3.57. The fourth-order valence-corrected chi connectivity index (χ4v) is 2.02. The van der Waals surface area contributed by atoms with Crippen molar-refractivity contribution < 1.29 is 18.4 Å². The summed E-state index contributed by atoms with van der Waals surface area (Å²) < 4.78 is 14.8. The predicted molar refractivity (Wildman–Crippen MR) is 54.2 cm³/mol. The Labute approximate surface area is 86.8 Å². The second-order valence-electron chi connectivity index (χ2n) is 2.78. The molecule has 0 saturated carbocycles. The molecule has 0 fully saturated rings. The first kappa shape index (κ1) is 13.4. The van der Waals surface area contributed by atoms with Crippen molar-refractivity contribution in [2.75, 3.05) is 34.9 Å². The van der Waals surface area contributed by atoms with Gasteiger partial charge in [0.05, 0.1) is 7.11 Å². The molecule has 1 amide bonds. The molecule has 0 atom stereocenters. The fourth-order valence-electron chi connectivity index (χ4n) is 0.995. The van der Waals surface area contributed by atoms with E-state index >= 15 is 0 Å². The molecule has 6 heteroatoms. The van der Waals surface area contributed by atoms with Crippen LogP contribution in [0.1, 0.15) is 6.42 Å². The van der Waals surface area contributed by atoms with Gasteiger partial charge in [0.15, 0.2) is 0 Å². The summed E-state index contributed by atoms with van der Waals surface area (Å²) in [4.78, 5) is 12.5. The Morgan fingerprint density at radius 2 is 1.86 bits per heavy atom. The van der Waals surface area contributed by atoms with Crippen LogP contribution < -0.4 is 0 Å². The van der Waals surface area contributed by atoms with Gasteiger partial charge in [-0.2, -0.15) is 0 Å². The van der Waals surface area contributed by atoms with Crippen LogP contribution in [0.15, 0.2) is 0 Å². The van der Waals surface area contributed by atoms with Gasteiger partial charge in [0.1, 0.15) is 0 Å². The zero-order valence-electron chi connectivity index (χ0n) is 9.20. The van der Waals surface area contributed by atoms with E-state index in [0.29, 0.717) is 6.54 Å².